The molecule has 4 aromatic carbocycles. The van der Waals surface area contributed by atoms with Gasteiger partial charge in [0.1, 0.15) is 6.10 Å². The summed E-state index contributed by atoms with van der Waals surface area (Å²) in [5.74, 6) is 0. The third-order valence-corrected chi connectivity index (χ3v) is 7.80. The highest BCUT2D eigenvalue weighted by Gasteiger charge is 2.41. The lowest BCUT2D eigenvalue weighted by molar-refractivity contribution is -0.137. The van der Waals surface area contributed by atoms with Gasteiger partial charge >= 0.3 is 6.18 Å². The van der Waals surface area contributed by atoms with Crippen LogP contribution in [0, 0.1) is 6.92 Å². The van der Waals surface area contributed by atoms with Crippen molar-refractivity contribution in [3.63, 3.8) is 0 Å². The van der Waals surface area contributed by atoms with Gasteiger partial charge in [0, 0.05) is 10.9 Å². The summed E-state index contributed by atoms with van der Waals surface area (Å²) >= 11 is 0. The fourth-order valence-corrected chi connectivity index (χ4v) is 5.84. The molecule has 35 heavy (non-hydrogen) atoms. The lowest BCUT2D eigenvalue weighted by Crippen LogP contribution is -2.28. The van der Waals surface area contributed by atoms with Crippen LogP contribution in [0.5, 0.6) is 0 Å². The molecular formula is C27H20F3NO3S. The van der Waals surface area contributed by atoms with E-state index in [4.69, 9.17) is 0 Å². The van der Waals surface area contributed by atoms with Gasteiger partial charge in [-0.2, -0.15) is 13.2 Å². The van der Waals surface area contributed by atoms with Crippen LogP contribution in [0.3, 0.4) is 0 Å². The molecule has 1 heterocycles. The molecule has 4 aromatic rings. The van der Waals surface area contributed by atoms with Gasteiger partial charge < -0.3 is 5.11 Å². The Kier molecular flexibility index (Phi) is 5.45. The molecule has 1 atom stereocenters. The molecule has 178 valence electrons. The minimum Gasteiger partial charge on any atom is -0.382 e. The zero-order valence-corrected chi connectivity index (χ0v) is 19.3. The highest BCUT2D eigenvalue weighted by atomic mass is 32.2. The first-order valence-corrected chi connectivity index (χ1v) is 12.2. The molecular weight excluding hydrogens is 475 g/mol. The van der Waals surface area contributed by atoms with Gasteiger partial charge in [-0.25, -0.2) is 12.7 Å². The molecule has 4 nitrogen and oxygen atoms in total. The van der Waals surface area contributed by atoms with Crippen molar-refractivity contribution >= 4 is 32.6 Å². The van der Waals surface area contributed by atoms with Crippen molar-refractivity contribution < 1.29 is 26.7 Å². The molecule has 1 unspecified atom stereocenters. The van der Waals surface area contributed by atoms with Crippen molar-refractivity contribution in [1.82, 2.24) is 0 Å². The van der Waals surface area contributed by atoms with E-state index in [0.29, 0.717) is 22.2 Å². The summed E-state index contributed by atoms with van der Waals surface area (Å²) in [5, 5.41) is 12.6. The first-order chi connectivity index (χ1) is 16.6. The summed E-state index contributed by atoms with van der Waals surface area (Å²) in [7, 11) is -4.17. The maximum atomic E-state index is 13.9. The Morgan fingerprint density at radius 1 is 0.886 bits per heavy atom. The van der Waals surface area contributed by atoms with Gasteiger partial charge in [0.2, 0.25) is 0 Å². The summed E-state index contributed by atoms with van der Waals surface area (Å²) in [6.45, 7) is 1.84. The van der Waals surface area contributed by atoms with Crippen LogP contribution in [0.2, 0.25) is 0 Å². The van der Waals surface area contributed by atoms with Gasteiger partial charge in [0.15, 0.2) is 0 Å². The van der Waals surface area contributed by atoms with E-state index in [1.807, 2.05) is 19.1 Å². The van der Waals surface area contributed by atoms with Crippen molar-refractivity contribution in [3.8, 4) is 0 Å². The van der Waals surface area contributed by atoms with Gasteiger partial charge in [-0.05, 0) is 48.2 Å². The SMILES string of the molecule is Cc1ccc(S(=O)(=O)N2/C(=C/c3ccc(C(F)(F)F)cc3)C(O)c3ccc4ccccc4c32)cc1. The topological polar surface area (TPSA) is 57.6 Å². The second-order valence-corrected chi connectivity index (χ2v) is 10.2. The minimum absolute atomic E-state index is 0.0365. The first kappa shape index (κ1) is 23.1. The van der Waals surface area contributed by atoms with Gasteiger partial charge in [0.05, 0.1) is 21.8 Å². The second kappa shape index (κ2) is 8.25. The molecule has 0 aliphatic carbocycles. The molecule has 0 bridgehead atoms. The summed E-state index contributed by atoms with van der Waals surface area (Å²) < 4.78 is 67.9. The maximum absolute atomic E-state index is 13.9. The second-order valence-electron chi connectivity index (χ2n) is 8.40. The highest BCUT2D eigenvalue weighted by molar-refractivity contribution is 7.93. The lowest BCUT2D eigenvalue weighted by atomic mass is 10.0. The Bertz CT molecular complexity index is 1560. The molecule has 8 heteroatoms. The van der Waals surface area contributed by atoms with Crippen molar-refractivity contribution in [1.29, 1.82) is 0 Å². The lowest BCUT2D eigenvalue weighted by Gasteiger charge is -2.23. The van der Waals surface area contributed by atoms with E-state index in [2.05, 4.69) is 0 Å². The Balaban J connectivity index is 1.73. The van der Waals surface area contributed by atoms with E-state index in [0.717, 1.165) is 27.4 Å². The molecule has 5 rings (SSSR count). The van der Waals surface area contributed by atoms with Crippen LogP contribution in [0.4, 0.5) is 18.9 Å². The number of rotatable bonds is 3. The van der Waals surface area contributed by atoms with Crippen molar-refractivity contribution in [2.75, 3.05) is 4.31 Å². The van der Waals surface area contributed by atoms with Gasteiger partial charge in [-0.3, -0.25) is 0 Å². The van der Waals surface area contributed by atoms with E-state index in [1.165, 1.54) is 30.3 Å². The molecule has 0 aromatic heterocycles. The molecule has 1 N–H and O–H groups in total. The van der Waals surface area contributed by atoms with Crippen LogP contribution >= 0.6 is 0 Å². The smallest absolute Gasteiger partial charge is 0.382 e. The van der Waals surface area contributed by atoms with E-state index in [9.17, 15) is 26.7 Å². The molecule has 0 saturated carbocycles. The Morgan fingerprint density at radius 2 is 1.54 bits per heavy atom. The summed E-state index contributed by atoms with van der Waals surface area (Å²) in [6, 6.07) is 21.4. The average molecular weight is 496 g/mol. The number of alkyl halides is 3. The van der Waals surface area contributed by atoms with Crippen molar-refractivity contribution in [2.45, 2.75) is 24.1 Å². The molecule has 0 amide bonds. The number of aliphatic hydroxyl groups is 1. The predicted molar refractivity (Wildman–Crippen MR) is 129 cm³/mol. The predicted octanol–water partition coefficient (Wildman–Crippen LogP) is 6.45. The number of nitrogens with zero attached hydrogens (tertiary/aromatic N) is 1. The van der Waals surface area contributed by atoms with Crippen LogP contribution in [-0.2, 0) is 16.2 Å². The van der Waals surface area contributed by atoms with E-state index >= 15 is 0 Å². The molecule has 0 radical (unpaired) electrons. The zero-order valence-electron chi connectivity index (χ0n) is 18.5. The fraction of sp³-hybridized carbons (Fsp3) is 0.111. The number of halogens is 3. The van der Waals surface area contributed by atoms with Crippen LogP contribution < -0.4 is 4.31 Å². The molecule has 0 fully saturated rings. The Labute approximate surface area is 200 Å². The maximum Gasteiger partial charge on any atom is 0.416 e. The zero-order chi connectivity index (χ0) is 25.0. The summed E-state index contributed by atoms with van der Waals surface area (Å²) in [6.07, 6.45) is -4.38. The number of hydrogen-bond donors (Lipinski definition) is 1. The van der Waals surface area contributed by atoms with Crippen LogP contribution in [0.15, 0.2) is 95.5 Å². The van der Waals surface area contributed by atoms with E-state index in [-0.39, 0.29) is 10.6 Å². The number of anilines is 1. The summed E-state index contributed by atoms with van der Waals surface area (Å²) in [5.41, 5.74) is 1.17. The number of hydrogen-bond acceptors (Lipinski definition) is 3. The van der Waals surface area contributed by atoms with Crippen LogP contribution in [0.25, 0.3) is 16.8 Å². The molecule has 1 aliphatic rings. The number of benzene rings is 4. The van der Waals surface area contributed by atoms with Crippen molar-refractivity contribution in [2.24, 2.45) is 0 Å². The Morgan fingerprint density at radius 3 is 2.20 bits per heavy atom. The normalized spacial score (nSPS) is 17.2. The fourth-order valence-electron chi connectivity index (χ4n) is 4.27. The number of aryl methyl sites for hydroxylation is 1. The van der Waals surface area contributed by atoms with Gasteiger partial charge in [0.25, 0.3) is 10.0 Å². The molecule has 1 aliphatic heterocycles. The first-order valence-electron chi connectivity index (χ1n) is 10.8. The quantitative estimate of drug-likeness (QED) is 0.355. The van der Waals surface area contributed by atoms with E-state index in [1.54, 1.807) is 36.4 Å². The average Bonchev–Trinajstić information content (AvgIpc) is 3.11. The minimum atomic E-state index is -4.49. The standard InChI is InChI=1S/C27H20F3NO3S/c1-17-6-13-21(14-7-17)35(33,34)31-24(16-18-8-11-20(12-9-18)27(28,29)30)26(32)23-15-10-19-4-2-3-5-22(19)25(23)31/h2-16,26,32H,1H3/b24-16+. The molecule has 0 saturated heterocycles. The monoisotopic (exact) mass is 495 g/mol. The third kappa shape index (κ3) is 3.98. The largest absolute Gasteiger partial charge is 0.416 e. The van der Waals surface area contributed by atoms with Crippen molar-refractivity contribution in [3.05, 3.63) is 113 Å². The number of fused-ring (bicyclic) bond motifs is 3. The van der Waals surface area contributed by atoms with Gasteiger partial charge in [-0.1, -0.05) is 66.2 Å². The number of sulfonamides is 1. The molecule has 0 spiro atoms. The van der Waals surface area contributed by atoms with E-state index < -0.39 is 27.9 Å². The van der Waals surface area contributed by atoms with Crippen LogP contribution in [0.1, 0.15) is 28.4 Å². The third-order valence-electron chi connectivity index (χ3n) is 6.06. The highest BCUT2D eigenvalue weighted by Crippen LogP contribution is 2.49. The summed E-state index contributed by atoms with van der Waals surface area (Å²) in [4.78, 5) is 0.0365. The Hall–Kier alpha value is -3.62. The van der Waals surface area contributed by atoms with Crippen LogP contribution in [-0.4, -0.2) is 13.5 Å². The number of aliphatic hydroxyl groups excluding tert-OH is 1. The van der Waals surface area contributed by atoms with Gasteiger partial charge in [-0.15, -0.1) is 0 Å².